The molecule has 4 saturated heterocycles. The van der Waals surface area contributed by atoms with E-state index >= 15 is 8.78 Å². The number of aromatic hydroxyl groups is 1. The van der Waals surface area contributed by atoms with Gasteiger partial charge < -0.3 is 24.2 Å². The van der Waals surface area contributed by atoms with Crippen LogP contribution in [0.2, 0.25) is 0 Å². The van der Waals surface area contributed by atoms with Gasteiger partial charge in [-0.2, -0.15) is 9.97 Å². The molecule has 6 fully saturated rings. The standard InChI is InChI=1S/C43H47F2N5O6S/c1-3-30-32(44)8-7-26-17-28(51)18-31(34(26)30)37-36(45)38-35(40(46-37)54-2)39(49-19-25-16-29(20-49)55-21-25)48-41(47-38)56-22-43-11-4-6-33(43)50(15-5-12-43)27-9-13-42(14-10-27)23-57(52,53)24-42/h1,7-8,17-18,25,27,29,33,51H,4-6,9-16,19-24H2,2H3/t25?,29?,33-,43-/m1/s1. The first-order valence-electron chi connectivity index (χ1n) is 20.3. The van der Waals surface area contributed by atoms with Crippen molar-refractivity contribution in [2.24, 2.45) is 16.7 Å². The molecule has 6 aliphatic rings. The predicted molar refractivity (Wildman–Crippen MR) is 211 cm³/mol. The number of aromatic nitrogens is 3. The second kappa shape index (κ2) is 13.6. The smallest absolute Gasteiger partial charge is 0.319 e. The minimum atomic E-state index is -2.87. The molecule has 57 heavy (non-hydrogen) atoms. The third-order valence-electron chi connectivity index (χ3n) is 14.1. The third-order valence-corrected chi connectivity index (χ3v) is 16.2. The maximum atomic E-state index is 17.4. The Morgan fingerprint density at radius 1 is 1.04 bits per heavy atom. The van der Waals surface area contributed by atoms with Crippen LogP contribution in [0.15, 0.2) is 24.3 Å². The summed E-state index contributed by atoms with van der Waals surface area (Å²) in [4.78, 5) is 19.2. The highest BCUT2D eigenvalue weighted by molar-refractivity contribution is 7.92. The summed E-state index contributed by atoms with van der Waals surface area (Å²) in [5.41, 5.74) is -0.386. The van der Waals surface area contributed by atoms with E-state index < -0.39 is 21.5 Å². The number of hydrogen-bond donors (Lipinski definition) is 1. The van der Waals surface area contributed by atoms with Crippen molar-refractivity contribution in [1.82, 2.24) is 19.9 Å². The fraction of sp³-hybridized carbons (Fsp3) is 0.558. The van der Waals surface area contributed by atoms with Gasteiger partial charge in [0, 0.05) is 47.5 Å². The van der Waals surface area contributed by atoms with Gasteiger partial charge in [0.05, 0.1) is 43.5 Å². The molecular weight excluding hydrogens is 753 g/mol. The van der Waals surface area contributed by atoms with Crippen LogP contribution in [-0.2, 0) is 14.6 Å². The minimum Gasteiger partial charge on any atom is -0.508 e. The number of likely N-dealkylation sites (tertiary alicyclic amines) is 1. The third kappa shape index (κ3) is 6.18. The predicted octanol–water partition coefficient (Wildman–Crippen LogP) is 6.41. The summed E-state index contributed by atoms with van der Waals surface area (Å²) >= 11 is 0. The van der Waals surface area contributed by atoms with E-state index in [1.165, 1.54) is 31.4 Å². The molecular formula is C43H47F2N5O6S. The molecule has 14 heteroatoms. The number of anilines is 1. The average Bonchev–Trinajstić information content (AvgIpc) is 3.78. The SMILES string of the molecule is C#Cc1c(F)ccc2cc(O)cc(-c3nc(OC)c4c(N5CC6COC(C6)C5)nc(OC[C@]56CCC[C@H]5N(C5CCC7(CC5)CS(=O)(=O)C7)CCC6)nc4c3F)c12. The number of benzene rings is 2. The topological polar surface area (TPSA) is 127 Å². The minimum absolute atomic E-state index is 0.00617. The maximum absolute atomic E-state index is 17.4. The van der Waals surface area contributed by atoms with Crippen LogP contribution < -0.4 is 14.4 Å². The van der Waals surface area contributed by atoms with Crippen LogP contribution in [0.5, 0.6) is 17.6 Å². The lowest BCUT2D eigenvalue weighted by molar-refractivity contribution is -0.0378. The Hall–Kier alpha value is -4.32. The van der Waals surface area contributed by atoms with E-state index in [1.807, 2.05) is 0 Å². The van der Waals surface area contributed by atoms with Gasteiger partial charge in [0.15, 0.2) is 15.7 Å². The Labute approximate surface area is 331 Å². The summed E-state index contributed by atoms with van der Waals surface area (Å²) in [7, 11) is -1.42. The number of phenolic OH excluding ortho intramolecular Hbond substituents is 1. The summed E-state index contributed by atoms with van der Waals surface area (Å²) in [5.74, 6) is 2.26. The van der Waals surface area contributed by atoms with Gasteiger partial charge in [-0.1, -0.05) is 18.4 Å². The molecule has 1 N–H and O–H groups in total. The molecule has 2 aromatic carbocycles. The Bertz CT molecular complexity index is 2430. The van der Waals surface area contributed by atoms with Crippen molar-refractivity contribution < 1.29 is 36.5 Å². The van der Waals surface area contributed by atoms with Crippen LogP contribution in [0.1, 0.15) is 69.8 Å². The summed E-state index contributed by atoms with van der Waals surface area (Å²) in [5, 5.41) is 11.7. The number of methoxy groups -OCH3 is 1. The maximum Gasteiger partial charge on any atom is 0.319 e. The summed E-state index contributed by atoms with van der Waals surface area (Å²) < 4.78 is 75.2. The van der Waals surface area contributed by atoms with Crippen molar-refractivity contribution in [1.29, 1.82) is 0 Å². The van der Waals surface area contributed by atoms with E-state index in [9.17, 15) is 13.5 Å². The van der Waals surface area contributed by atoms with Crippen LogP contribution in [0.25, 0.3) is 32.9 Å². The largest absolute Gasteiger partial charge is 0.508 e. The number of fused-ring (bicyclic) bond motifs is 5. The molecule has 2 aromatic heterocycles. The number of rotatable bonds is 7. The average molecular weight is 800 g/mol. The molecule has 2 bridgehead atoms. The highest BCUT2D eigenvalue weighted by Gasteiger charge is 2.54. The Morgan fingerprint density at radius 2 is 1.84 bits per heavy atom. The van der Waals surface area contributed by atoms with Crippen molar-refractivity contribution in [3.05, 3.63) is 41.5 Å². The fourth-order valence-electron chi connectivity index (χ4n) is 11.6. The molecule has 2 saturated carbocycles. The first kappa shape index (κ1) is 37.0. The van der Waals surface area contributed by atoms with E-state index in [4.69, 9.17) is 30.6 Å². The molecule has 300 valence electrons. The number of pyridine rings is 1. The monoisotopic (exact) mass is 799 g/mol. The van der Waals surface area contributed by atoms with Gasteiger partial charge in [-0.05, 0) is 93.3 Å². The normalized spacial score (nSPS) is 28.0. The van der Waals surface area contributed by atoms with Gasteiger partial charge in [0.1, 0.15) is 34.0 Å². The second-order valence-corrected chi connectivity index (χ2v) is 19.7. The molecule has 2 aliphatic carbocycles. The molecule has 11 nitrogen and oxygen atoms in total. The molecule has 0 radical (unpaired) electrons. The van der Waals surface area contributed by atoms with E-state index in [2.05, 4.69) is 20.7 Å². The van der Waals surface area contributed by atoms with Crippen LogP contribution in [0.4, 0.5) is 14.6 Å². The van der Waals surface area contributed by atoms with Crippen molar-refractivity contribution in [3.8, 4) is 41.2 Å². The summed E-state index contributed by atoms with van der Waals surface area (Å²) in [6.45, 7) is 3.23. The van der Waals surface area contributed by atoms with Gasteiger partial charge in [0.2, 0.25) is 5.88 Å². The number of nitrogens with zero attached hydrogens (tertiary/aromatic N) is 5. The molecule has 6 heterocycles. The van der Waals surface area contributed by atoms with Crippen molar-refractivity contribution >= 4 is 37.3 Å². The van der Waals surface area contributed by atoms with Gasteiger partial charge in [-0.15, -0.1) is 6.42 Å². The summed E-state index contributed by atoms with van der Waals surface area (Å²) in [6.07, 6.45) is 15.9. The van der Waals surface area contributed by atoms with Crippen LogP contribution >= 0.6 is 0 Å². The number of terminal acetylenes is 1. The Kier molecular flexibility index (Phi) is 8.84. The zero-order valence-corrected chi connectivity index (χ0v) is 32.9. The molecule has 4 aliphatic heterocycles. The molecule has 1 spiro atoms. The lowest BCUT2D eigenvalue weighted by Crippen LogP contribution is -2.58. The molecule has 2 unspecified atom stereocenters. The number of halogens is 2. The first-order chi connectivity index (χ1) is 27.5. The van der Waals surface area contributed by atoms with Crippen molar-refractivity contribution in [2.45, 2.75) is 82.4 Å². The number of sulfone groups is 1. The number of ether oxygens (including phenoxy) is 3. The Morgan fingerprint density at radius 3 is 2.60 bits per heavy atom. The van der Waals surface area contributed by atoms with E-state index in [0.29, 0.717) is 61.1 Å². The van der Waals surface area contributed by atoms with E-state index in [0.717, 1.165) is 70.8 Å². The van der Waals surface area contributed by atoms with Gasteiger partial charge in [0.25, 0.3) is 0 Å². The van der Waals surface area contributed by atoms with Crippen LogP contribution in [-0.4, -0.2) is 103 Å². The summed E-state index contributed by atoms with van der Waals surface area (Å²) in [6, 6.07) is 6.27. The fourth-order valence-corrected chi connectivity index (χ4v) is 14.0. The number of piperidine rings is 2. The number of phenols is 1. The lowest BCUT2D eigenvalue weighted by Gasteiger charge is -2.53. The van der Waals surface area contributed by atoms with E-state index in [1.54, 1.807) is 0 Å². The van der Waals surface area contributed by atoms with Gasteiger partial charge in [-0.25, -0.2) is 22.2 Å². The van der Waals surface area contributed by atoms with Crippen LogP contribution in [0, 0.1) is 40.7 Å². The molecule has 10 rings (SSSR count). The quantitative estimate of drug-likeness (QED) is 0.208. The first-order valence-corrected chi connectivity index (χ1v) is 22.1. The molecule has 0 amide bonds. The van der Waals surface area contributed by atoms with E-state index in [-0.39, 0.29) is 73.6 Å². The van der Waals surface area contributed by atoms with Crippen molar-refractivity contribution in [2.75, 3.05) is 56.4 Å². The Balaban J connectivity index is 1.03. The molecule has 4 aromatic rings. The van der Waals surface area contributed by atoms with Gasteiger partial charge in [-0.3, -0.25) is 4.90 Å². The highest BCUT2D eigenvalue weighted by Crippen LogP contribution is 2.52. The highest BCUT2D eigenvalue weighted by atomic mass is 32.2. The zero-order chi connectivity index (χ0) is 39.3. The van der Waals surface area contributed by atoms with Crippen LogP contribution in [0.3, 0.4) is 0 Å². The van der Waals surface area contributed by atoms with Gasteiger partial charge >= 0.3 is 6.01 Å². The lowest BCUT2D eigenvalue weighted by atomic mass is 9.71. The molecule has 4 atom stereocenters. The number of hydrogen-bond acceptors (Lipinski definition) is 11. The van der Waals surface area contributed by atoms with Crippen molar-refractivity contribution in [3.63, 3.8) is 0 Å². The second-order valence-electron chi connectivity index (χ2n) is 17.6. The zero-order valence-electron chi connectivity index (χ0n) is 32.1.